The second kappa shape index (κ2) is 9.51. The Hall–Kier alpha value is -2.40. The second-order valence-electron chi connectivity index (χ2n) is 6.79. The molecule has 27 heavy (non-hydrogen) atoms. The number of carbonyl (C=O) groups excluding carboxylic acids is 1. The van der Waals surface area contributed by atoms with Crippen molar-refractivity contribution >= 4 is 5.91 Å². The third-order valence-corrected chi connectivity index (χ3v) is 4.60. The normalized spacial score (nSPS) is 16.3. The number of benzene rings is 2. The van der Waals surface area contributed by atoms with Crippen LogP contribution >= 0.6 is 0 Å². The standard InChI is InChI=1S/C22H26FNO3/c1-2-13-27-21-8-4-3-7-20(21)22(25)24(16-19-6-5-14-26-19)15-17-9-11-18(23)12-10-17/h3-4,7-12,19H,2,5-6,13-16H2,1H3. The van der Waals surface area contributed by atoms with E-state index in [4.69, 9.17) is 9.47 Å². The average molecular weight is 371 g/mol. The number of hydrogen-bond donors (Lipinski definition) is 0. The number of amides is 1. The molecule has 1 aliphatic rings. The predicted octanol–water partition coefficient (Wildman–Crippen LogP) is 4.44. The van der Waals surface area contributed by atoms with Crippen molar-refractivity contribution in [3.63, 3.8) is 0 Å². The predicted molar refractivity (Wildman–Crippen MR) is 102 cm³/mol. The molecule has 0 radical (unpaired) electrons. The molecule has 2 aromatic rings. The average Bonchev–Trinajstić information content (AvgIpc) is 3.20. The zero-order chi connectivity index (χ0) is 19.1. The van der Waals surface area contributed by atoms with E-state index in [9.17, 15) is 9.18 Å². The van der Waals surface area contributed by atoms with Crippen molar-refractivity contribution in [1.29, 1.82) is 0 Å². The van der Waals surface area contributed by atoms with E-state index in [-0.39, 0.29) is 17.8 Å². The zero-order valence-electron chi connectivity index (χ0n) is 15.7. The topological polar surface area (TPSA) is 38.8 Å². The third kappa shape index (κ3) is 5.30. The summed E-state index contributed by atoms with van der Waals surface area (Å²) in [4.78, 5) is 15.1. The van der Waals surface area contributed by atoms with Crippen molar-refractivity contribution in [2.24, 2.45) is 0 Å². The molecule has 144 valence electrons. The number of nitrogens with zero attached hydrogens (tertiary/aromatic N) is 1. The van der Waals surface area contributed by atoms with Gasteiger partial charge in [-0.1, -0.05) is 31.2 Å². The fourth-order valence-corrected chi connectivity index (χ4v) is 3.22. The quantitative estimate of drug-likeness (QED) is 0.689. The molecule has 1 aliphatic heterocycles. The highest BCUT2D eigenvalue weighted by molar-refractivity contribution is 5.97. The van der Waals surface area contributed by atoms with Gasteiger partial charge >= 0.3 is 0 Å². The lowest BCUT2D eigenvalue weighted by Gasteiger charge is -2.26. The molecule has 1 amide bonds. The van der Waals surface area contributed by atoms with E-state index in [1.54, 1.807) is 23.1 Å². The fourth-order valence-electron chi connectivity index (χ4n) is 3.22. The Labute approximate surface area is 159 Å². The number of carbonyl (C=O) groups is 1. The second-order valence-corrected chi connectivity index (χ2v) is 6.79. The lowest BCUT2D eigenvalue weighted by atomic mass is 10.1. The Bertz CT molecular complexity index is 741. The van der Waals surface area contributed by atoms with Crippen LogP contribution in [0.25, 0.3) is 0 Å². The molecular weight excluding hydrogens is 345 g/mol. The maximum atomic E-state index is 13.3. The van der Waals surface area contributed by atoms with Gasteiger partial charge in [-0.25, -0.2) is 4.39 Å². The molecular formula is C22H26FNO3. The van der Waals surface area contributed by atoms with E-state index in [0.717, 1.165) is 31.4 Å². The fraction of sp³-hybridized carbons (Fsp3) is 0.409. The van der Waals surface area contributed by atoms with Gasteiger partial charge in [0.05, 0.1) is 18.3 Å². The zero-order valence-corrected chi connectivity index (χ0v) is 15.7. The van der Waals surface area contributed by atoms with Gasteiger partial charge in [0.2, 0.25) is 0 Å². The molecule has 1 atom stereocenters. The number of halogens is 1. The van der Waals surface area contributed by atoms with Crippen molar-refractivity contribution in [2.75, 3.05) is 19.8 Å². The molecule has 0 N–H and O–H groups in total. The van der Waals surface area contributed by atoms with Crippen LogP contribution in [0, 0.1) is 5.82 Å². The first-order valence-electron chi connectivity index (χ1n) is 9.54. The molecule has 2 aromatic carbocycles. The molecule has 0 spiro atoms. The van der Waals surface area contributed by atoms with Gasteiger partial charge in [-0.05, 0) is 49.1 Å². The Morgan fingerprint density at radius 1 is 1.22 bits per heavy atom. The van der Waals surface area contributed by atoms with Crippen LogP contribution < -0.4 is 4.74 Å². The van der Waals surface area contributed by atoms with Gasteiger partial charge < -0.3 is 14.4 Å². The minimum Gasteiger partial charge on any atom is -0.493 e. The van der Waals surface area contributed by atoms with Crippen LogP contribution in [0.2, 0.25) is 0 Å². The molecule has 1 fully saturated rings. The summed E-state index contributed by atoms with van der Waals surface area (Å²) >= 11 is 0. The first-order chi connectivity index (χ1) is 13.2. The summed E-state index contributed by atoms with van der Waals surface area (Å²) in [6, 6.07) is 13.6. The van der Waals surface area contributed by atoms with Crippen molar-refractivity contribution in [3.8, 4) is 5.75 Å². The van der Waals surface area contributed by atoms with Gasteiger partial charge in [-0.2, -0.15) is 0 Å². The highest BCUT2D eigenvalue weighted by Crippen LogP contribution is 2.23. The first kappa shape index (κ1) is 19.4. The summed E-state index contributed by atoms with van der Waals surface area (Å²) in [6.45, 7) is 4.25. The highest BCUT2D eigenvalue weighted by atomic mass is 19.1. The van der Waals surface area contributed by atoms with Crippen molar-refractivity contribution in [3.05, 3.63) is 65.5 Å². The van der Waals surface area contributed by atoms with Crippen molar-refractivity contribution < 1.29 is 18.7 Å². The van der Waals surface area contributed by atoms with Crippen molar-refractivity contribution in [1.82, 2.24) is 4.90 Å². The third-order valence-electron chi connectivity index (χ3n) is 4.60. The highest BCUT2D eigenvalue weighted by Gasteiger charge is 2.25. The van der Waals surface area contributed by atoms with E-state index < -0.39 is 0 Å². The number of ether oxygens (including phenoxy) is 2. The summed E-state index contributed by atoms with van der Waals surface area (Å²) in [5.74, 6) is 0.219. The molecule has 0 saturated carbocycles. The molecule has 0 bridgehead atoms. The van der Waals surface area contributed by atoms with Crippen LogP contribution in [0.1, 0.15) is 42.1 Å². The van der Waals surface area contributed by atoms with Crippen LogP contribution in [0.5, 0.6) is 5.75 Å². The van der Waals surface area contributed by atoms with E-state index >= 15 is 0 Å². The van der Waals surface area contributed by atoms with Gasteiger partial charge in [-0.15, -0.1) is 0 Å². The van der Waals surface area contributed by atoms with Gasteiger partial charge in [0.15, 0.2) is 0 Å². The summed E-state index contributed by atoms with van der Waals surface area (Å²) in [7, 11) is 0. The number of hydrogen-bond acceptors (Lipinski definition) is 3. The molecule has 4 nitrogen and oxygen atoms in total. The summed E-state index contributed by atoms with van der Waals surface area (Å²) in [5.41, 5.74) is 1.43. The Morgan fingerprint density at radius 2 is 2.00 bits per heavy atom. The van der Waals surface area contributed by atoms with Gasteiger partial charge in [-0.3, -0.25) is 4.79 Å². The maximum Gasteiger partial charge on any atom is 0.258 e. The smallest absolute Gasteiger partial charge is 0.258 e. The van der Waals surface area contributed by atoms with Gasteiger partial charge in [0.25, 0.3) is 5.91 Å². The van der Waals surface area contributed by atoms with E-state index in [1.807, 2.05) is 25.1 Å². The van der Waals surface area contributed by atoms with Crippen LogP contribution in [0.4, 0.5) is 4.39 Å². The lowest BCUT2D eigenvalue weighted by Crippen LogP contribution is -2.37. The van der Waals surface area contributed by atoms with E-state index in [1.165, 1.54) is 12.1 Å². The van der Waals surface area contributed by atoms with Gasteiger partial charge in [0, 0.05) is 19.7 Å². The molecule has 0 aromatic heterocycles. The van der Waals surface area contributed by atoms with E-state index in [2.05, 4.69) is 0 Å². The number of rotatable bonds is 8. The maximum absolute atomic E-state index is 13.3. The largest absolute Gasteiger partial charge is 0.493 e. The molecule has 1 unspecified atom stereocenters. The monoisotopic (exact) mass is 371 g/mol. The van der Waals surface area contributed by atoms with Gasteiger partial charge in [0.1, 0.15) is 11.6 Å². The molecule has 1 heterocycles. The Balaban J connectivity index is 1.82. The Kier molecular flexibility index (Phi) is 6.82. The van der Waals surface area contributed by atoms with Crippen molar-refractivity contribution in [2.45, 2.75) is 38.8 Å². The van der Waals surface area contributed by atoms with Crippen LogP contribution in [-0.2, 0) is 11.3 Å². The summed E-state index contributed by atoms with van der Waals surface area (Å²) in [5, 5.41) is 0. The van der Waals surface area contributed by atoms with E-state index in [0.29, 0.717) is 31.0 Å². The summed E-state index contributed by atoms with van der Waals surface area (Å²) < 4.78 is 24.7. The Morgan fingerprint density at radius 3 is 2.70 bits per heavy atom. The minimum absolute atomic E-state index is 0.0399. The summed E-state index contributed by atoms with van der Waals surface area (Å²) in [6.07, 6.45) is 2.87. The van der Waals surface area contributed by atoms with Crippen LogP contribution in [-0.4, -0.2) is 36.7 Å². The van der Waals surface area contributed by atoms with Crippen LogP contribution in [0.15, 0.2) is 48.5 Å². The lowest BCUT2D eigenvalue weighted by molar-refractivity contribution is 0.0504. The van der Waals surface area contributed by atoms with Crippen LogP contribution in [0.3, 0.4) is 0 Å². The molecule has 1 saturated heterocycles. The minimum atomic E-state index is -0.283. The SMILES string of the molecule is CCCOc1ccccc1C(=O)N(Cc1ccc(F)cc1)CC1CCCO1. The molecule has 5 heteroatoms. The molecule has 3 rings (SSSR count). The first-order valence-corrected chi connectivity index (χ1v) is 9.54. The number of para-hydroxylation sites is 1. The molecule has 0 aliphatic carbocycles.